The van der Waals surface area contributed by atoms with Gasteiger partial charge in [0.1, 0.15) is 5.75 Å². The standard InChI is InChI=1S/C22H28N2O4S/c1-6-29(26,27)24-13-21(28-20-10-8-7-9-19(20)24)22(25)23-17(5)18-12-15(3)14(2)11-16(18)4/h7-12,17,21H,6,13H2,1-5H3,(H,23,25)/t17-,21-/m0/s1. The van der Waals surface area contributed by atoms with E-state index in [-0.39, 0.29) is 24.2 Å². The smallest absolute Gasteiger partial charge is 0.263 e. The summed E-state index contributed by atoms with van der Waals surface area (Å²) >= 11 is 0. The van der Waals surface area contributed by atoms with Crippen LogP contribution in [0.3, 0.4) is 0 Å². The third kappa shape index (κ3) is 4.24. The lowest BCUT2D eigenvalue weighted by molar-refractivity contribution is -0.128. The summed E-state index contributed by atoms with van der Waals surface area (Å²) < 4.78 is 32.3. The predicted octanol–water partition coefficient (Wildman–Crippen LogP) is 3.41. The first-order valence-corrected chi connectivity index (χ1v) is 11.4. The molecule has 156 valence electrons. The fraction of sp³-hybridized carbons (Fsp3) is 0.409. The van der Waals surface area contributed by atoms with Crippen molar-refractivity contribution in [3.8, 4) is 5.75 Å². The molecule has 0 saturated carbocycles. The van der Waals surface area contributed by atoms with E-state index in [9.17, 15) is 13.2 Å². The molecule has 1 aliphatic rings. The van der Waals surface area contributed by atoms with Gasteiger partial charge < -0.3 is 10.1 Å². The van der Waals surface area contributed by atoms with Crippen LogP contribution in [0.1, 0.15) is 42.1 Å². The third-order valence-electron chi connectivity index (χ3n) is 5.44. The molecule has 7 heteroatoms. The lowest BCUT2D eigenvalue weighted by Crippen LogP contribution is -2.51. The molecular formula is C22H28N2O4S. The van der Waals surface area contributed by atoms with Gasteiger partial charge in [0.05, 0.1) is 24.0 Å². The molecule has 0 spiro atoms. The molecule has 1 N–H and O–H groups in total. The highest BCUT2D eigenvalue weighted by molar-refractivity contribution is 7.92. The molecular weight excluding hydrogens is 388 g/mol. The maximum atomic E-state index is 13.0. The van der Waals surface area contributed by atoms with Crippen LogP contribution in [0.4, 0.5) is 5.69 Å². The number of sulfonamides is 1. The second kappa shape index (κ2) is 8.06. The number of nitrogens with zero attached hydrogens (tertiary/aromatic N) is 1. The molecule has 3 rings (SSSR count). The maximum Gasteiger partial charge on any atom is 0.263 e. The van der Waals surface area contributed by atoms with E-state index in [1.807, 2.05) is 20.8 Å². The zero-order valence-electron chi connectivity index (χ0n) is 17.5. The first kappa shape index (κ1) is 21.2. The molecule has 0 saturated heterocycles. The Labute approximate surface area is 172 Å². The lowest BCUT2D eigenvalue weighted by atomic mass is 9.96. The monoisotopic (exact) mass is 416 g/mol. The Morgan fingerprint density at radius 2 is 1.83 bits per heavy atom. The fourth-order valence-corrected chi connectivity index (χ4v) is 4.72. The Morgan fingerprint density at radius 3 is 2.52 bits per heavy atom. The summed E-state index contributed by atoms with van der Waals surface area (Å²) in [5, 5.41) is 2.99. The van der Waals surface area contributed by atoms with Crippen molar-refractivity contribution in [1.82, 2.24) is 5.32 Å². The molecule has 29 heavy (non-hydrogen) atoms. The number of hydrogen-bond donors (Lipinski definition) is 1. The number of para-hydroxylation sites is 2. The summed E-state index contributed by atoms with van der Waals surface area (Å²) in [4.78, 5) is 13.0. The molecule has 0 aliphatic carbocycles. The van der Waals surface area contributed by atoms with Gasteiger partial charge in [-0.15, -0.1) is 0 Å². The van der Waals surface area contributed by atoms with Gasteiger partial charge in [0.2, 0.25) is 10.0 Å². The first-order chi connectivity index (χ1) is 13.6. The maximum absolute atomic E-state index is 13.0. The van der Waals surface area contributed by atoms with E-state index < -0.39 is 16.1 Å². The van der Waals surface area contributed by atoms with Gasteiger partial charge in [-0.2, -0.15) is 0 Å². The number of anilines is 1. The summed E-state index contributed by atoms with van der Waals surface area (Å²) in [5.41, 5.74) is 4.98. The van der Waals surface area contributed by atoms with Crippen LogP contribution < -0.4 is 14.4 Å². The zero-order valence-corrected chi connectivity index (χ0v) is 18.3. The quantitative estimate of drug-likeness (QED) is 0.811. The van der Waals surface area contributed by atoms with Gasteiger partial charge in [-0.1, -0.05) is 24.3 Å². The minimum atomic E-state index is -3.53. The summed E-state index contributed by atoms with van der Waals surface area (Å²) in [6.07, 6.45) is -0.916. The Morgan fingerprint density at radius 1 is 1.17 bits per heavy atom. The Balaban J connectivity index is 1.84. The average Bonchev–Trinajstić information content (AvgIpc) is 2.69. The van der Waals surface area contributed by atoms with Crippen molar-refractivity contribution in [2.75, 3.05) is 16.6 Å². The summed E-state index contributed by atoms with van der Waals surface area (Å²) in [7, 11) is -3.53. The van der Waals surface area contributed by atoms with Crippen LogP contribution in [-0.4, -0.2) is 32.7 Å². The number of amides is 1. The molecule has 1 amide bonds. The van der Waals surface area contributed by atoms with E-state index in [0.29, 0.717) is 11.4 Å². The third-order valence-corrected chi connectivity index (χ3v) is 7.18. The van der Waals surface area contributed by atoms with Crippen molar-refractivity contribution in [2.24, 2.45) is 0 Å². The molecule has 1 aliphatic heterocycles. The van der Waals surface area contributed by atoms with Crippen LogP contribution >= 0.6 is 0 Å². The van der Waals surface area contributed by atoms with Crippen LogP contribution in [0.25, 0.3) is 0 Å². The Kier molecular flexibility index (Phi) is 5.89. The predicted molar refractivity (Wildman–Crippen MR) is 115 cm³/mol. The number of carbonyl (C=O) groups is 1. The van der Waals surface area contributed by atoms with E-state index in [1.54, 1.807) is 31.2 Å². The van der Waals surface area contributed by atoms with Crippen molar-refractivity contribution in [2.45, 2.75) is 46.8 Å². The van der Waals surface area contributed by atoms with Gasteiger partial charge in [0, 0.05) is 0 Å². The molecule has 0 bridgehead atoms. The average molecular weight is 417 g/mol. The lowest BCUT2D eigenvalue weighted by Gasteiger charge is -2.35. The van der Waals surface area contributed by atoms with Gasteiger partial charge in [-0.3, -0.25) is 9.10 Å². The summed E-state index contributed by atoms with van der Waals surface area (Å²) in [6, 6.07) is 10.9. The minimum Gasteiger partial charge on any atom is -0.476 e. The van der Waals surface area contributed by atoms with Crippen molar-refractivity contribution >= 4 is 21.6 Å². The number of hydrogen-bond acceptors (Lipinski definition) is 4. The van der Waals surface area contributed by atoms with Crippen LogP contribution in [-0.2, 0) is 14.8 Å². The topological polar surface area (TPSA) is 75.7 Å². The van der Waals surface area contributed by atoms with Crippen LogP contribution in [0.5, 0.6) is 5.75 Å². The van der Waals surface area contributed by atoms with Crippen molar-refractivity contribution in [1.29, 1.82) is 0 Å². The largest absolute Gasteiger partial charge is 0.476 e. The molecule has 2 atom stereocenters. The number of fused-ring (bicyclic) bond motifs is 1. The number of benzene rings is 2. The summed E-state index contributed by atoms with van der Waals surface area (Å²) in [5.74, 6) is 0.0142. The fourth-order valence-electron chi connectivity index (χ4n) is 3.59. The summed E-state index contributed by atoms with van der Waals surface area (Å²) in [6.45, 7) is 9.59. The van der Waals surface area contributed by atoms with E-state index >= 15 is 0 Å². The highest BCUT2D eigenvalue weighted by atomic mass is 32.2. The Hall–Kier alpha value is -2.54. The number of nitrogens with one attached hydrogen (secondary N) is 1. The van der Waals surface area contributed by atoms with Crippen molar-refractivity contribution < 1.29 is 17.9 Å². The molecule has 0 fully saturated rings. The van der Waals surface area contributed by atoms with E-state index in [0.717, 1.165) is 16.7 Å². The van der Waals surface area contributed by atoms with Gasteiger partial charge in [0.25, 0.3) is 5.91 Å². The number of aryl methyl sites for hydroxylation is 3. The van der Waals surface area contributed by atoms with E-state index in [4.69, 9.17) is 4.74 Å². The van der Waals surface area contributed by atoms with E-state index in [2.05, 4.69) is 24.4 Å². The van der Waals surface area contributed by atoms with Crippen LogP contribution in [0.15, 0.2) is 36.4 Å². The highest BCUT2D eigenvalue weighted by Crippen LogP contribution is 2.35. The van der Waals surface area contributed by atoms with Crippen LogP contribution in [0.2, 0.25) is 0 Å². The molecule has 0 radical (unpaired) electrons. The number of ether oxygens (including phenoxy) is 1. The van der Waals surface area contributed by atoms with Crippen molar-refractivity contribution in [3.63, 3.8) is 0 Å². The van der Waals surface area contributed by atoms with Gasteiger partial charge in [-0.05, 0) is 69.0 Å². The SMILES string of the molecule is CCS(=O)(=O)N1C[C@@H](C(=O)N[C@@H](C)c2cc(C)c(C)cc2C)Oc2ccccc21. The molecule has 1 heterocycles. The number of rotatable bonds is 5. The Bertz CT molecular complexity index is 1030. The minimum absolute atomic E-state index is 0.0440. The second-order valence-corrected chi connectivity index (χ2v) is 9.71. The first-order valence-electron chi connectivity index (χ1n) is 9.78. The van der Waals surface area contributed by atoms with Crippen molar-refractivity contribution in [3.05, 3.63) is 58.7 Å². The molecule has 6 nitrogen and oxygen atoms in total. The van der Waals surface area contributed by atoms with Gasteiger partial charge >= 0.3 is 0 Å². The zero-order chi connectivity index (χ0) is 21.3. The number of carbonyl (C=O) groups excluding carboxylic acids is 1. The van der Waals surface area contributed by atoms with Crippen LogP contribution in [0, 0.1) is 20.8 Å². The molecule has 2 aromatic rings. The second-order valence-electron chi connectivity index (χ2n) is 7.53. The molecule has 0 aromatic heterocycles. The molecule has 2 aromatic carbocycles. The molecule has 0 unspecified atom stereocenters. The highest BCUT2D eigenvalue weighted by Gasteiger charge is 2.36. The normalized spacial score (nSPS) is 17.3. The van der Waals surface area contributed by atoms with Gasteiger partial charge in [0.15, 0.2) is 6.10 Å². The van der Waals surface area contributed by atoms with Gasteiger partial charge in [-0.25, -0.2) is 8.42 Å². The van der Waals surface area contributed by atoms with E-state index in [1.165, 1.54) is 9.87 Å².